The van der Waals surface area contributed by atoms with Gasteiger partial charge in [0.1, 0.15) is 6.29 Å². The van der Waals surface area contributed by atoms with Crippen molar-refractivity contribution in [1.29, 1.82) is 0 Å². The lowest BCUT2D eigenvalue weighted by molar-refractivity contribution is -0.107. The Bertz CT molecular complexity index is 385. The molecule has 1 aromatic heterocycles. The molecule has 1 aliphatic rings. The van der Waals surface area contributed by atoms with E-state index in [-0.39, 0.29) is 0 Å². The van der Waals surface area contributed by atoms with Crippen LogP contribution in [0.5, 0.6) is 0 Å². The minimum atomic E-state index is 0.613. The smallest absolute Gasteiger partial charge is 0.154 e. The number of aliphatic imine (C=N–C) groups is 1. The predicted molar refractivity (Wildman–Crippen MR) is 59.7 cm³/mol. The predicted octanol–water partition coefficient (Wildman–Crippen LogP) is 2.25. The van der Waals surface area contributed by atoms with Crippen LogP contribution in [0.25, 0.3) is 0 Å². The number of aryl methyl sites for hydroxylation is 2. The molecular formula is C12H14N2O. The maximum Gasteiger partial charge on any atom is 0.154 e. The molecule has 0 fully saturated rings. The Labute approximate surface area is 89.3 Å². The average molecular weight is 202 g/mol. The van der Waals surface area contributed by atoms with Crippen LogP contribution in [0.2, 0.25) is 0 Å². The highest BCUT2D eigenvalue weighted by molar-refractivity contribution is 5.66. The lowest BCUT2D eigenvalue weighted by atomic mass is 10.1. The van der Waals surface area contributed by atoms with Crippen LogP contribution in [0.4, 0.5) is 5.82 Å². The Balaban J connectivity index is 2.08. The van der Waals surface area contributed by atoms with E-state index in [2.05, 4.69) is 16.0 Å². The summed E-state index contributed by atoms with van der Waals surface area (Å²) < 4.78 is 0. The van der Waals surface area contributed by atoms with Gasteiger partial charge in [0, 0.05) is 18.3 Å². The van der Waals surface area contributed by atoms with E-state index >= 15 is 0 Å². The van der Waals surface area contributed by atoms with Crippen molar-refractivity contribution in [1.82, 2.24) is 4.98 Å². The molecule has 0 radical (unpaired) electrons. The number of nitrogens with zero attached hydrogens (tertiary/aromatic N) is 2. The number of carbonyl (C=O) groups excluding carboxylic acids is 1. The zero-order valence-electron chi connectivity index (χ0n) is 8.65. The van der Waals surface area contributed by atoms with Crippen molar-refractivity contribution in [2.75, 3.05) is 0 Å². The molecule has 3 heteroatoms. The van der Waals surface area contributed by atoms with Crippen LogP contribution >= 0.6 is 0 Å². The van der Waals surface area contributed by atoms with Crippen molar-refractivity contribution >= 4 is 18.3 Å². The Morgan fingerprint density at radius 1 is 1.40 bits per heavy atom. The third-order valence-corrected chi connectivity index (χ3v) is 2.52. The van der Waals surface area contributed by atoms with Gasteiger partial charge in [-0.3, -0.25) is 0 Å². The van der Waals surface area contributed by atoms with Crippen LogP contribution in [0.15, 0.2) is 17.1 Å². The summed E-state index contributed by atoms with van der Waals surface area (Å²) in [6.45, 7) is 0. The summed E-state index contributed by atoms with van der Waals surface area (Å²) in [5.74, 6) is 0.866. The summed E-state index contributed by atoms with van der Waals surface area (Å²) in [6.07, 6.45) is 7.28. The quantitative estimate of drug-likeness (QED) is 0.555. The molecule has 2 rings (SSSR count). The van der Waals surface area contributed by atoms with Gasteiger partial charge >= 0.3 is 0 Å². The van der Waals surface area contributed by atoms with Crippen molar-refractivity contribution in [2.24, 2.45) is 4.99 Å². The van der Waals surface area contributed by atoms with Crippen LogP contribution in [0, 0.1) is 0 Å². The highest BCUT2D eigenvalue weighted by Crippen LogP contribution is 2.21. The van der Waals surface area contributed by atoms with Gasteiger partial charge in [-0.25, -0.2) is 9.98 Å². The normalized spacial score (nSPS) is 13.6. The van der Waals surface area contributed by atoms with E-state index in [1.165, 1.54) is 5.56 Å². The zero-order valence-corrected chi connectivity index (χ0v) is 8.65. The molecule has 0 bridgehead atoms. The molecule has 0 saturated heterocycles. The first-order valence-corrected chi connectivity index (χ1v) is 5.35. The molecule has 1 aliphatic heterocycles. The monoisotopic (exact) mass is 202 g/mol. The number of unbranched alkanes of at least 4 members (excludes halogenated alkanes) is 1. The third kappa shape index (κ3) is 2.49. The highest BCUT2D eigenvalue weighted by Gasteiger charge is 2.07. The Morgan fingerprint density at radius 2 is 2.33 bits per heavy atom. The maximum absolute atomic E-state index is 10.2. The second-order valence-electron chi connectivity index (χ2n) is 3.69. The molecule has 0 amide bonds. The Hall–Kier alpha value is -1.51. The molecule has 1 aromatic rings. The maximum atomic E-state index is 10.2. The van der Waals surface area contributed by atoms with Crippen molar-refractivity contribution in [3.8, 4) is 0 Å². The topological polar surface area (TPSA) is 42.3 Å². The van der Waals surface area contributed by atoms with Crippen LogP contribution in [-0.4, -0.2) is 17.5 Å². The van der Waals surface area contributed by atoms with E-state index in [1.807, 2.05) is 12.3 Å². The second-order valence-corrected chi connectivity index (χ2v) is 3.69. The summed E-state index contributed by atoms with van der Waals surface area (Å²) in [7, 11) is 0. The van der Waals surface area contributed by atoms with E-state index in [1.54, 1.807) is 0 Å². The molecule has 0 spiro atoms. The molecule has 78 valence electrons. The van der Waals surface area contributed by atoms with Gasteiger partial charge in [0.2, 0.25) is 0 Å². The fraction of sp³-hybridized carbons (Fsp3) is 0.417. The Morgan fingerprint density at radius 3 is 3.20 bits per heavy atom. The summed E-state index contributed by atoms with van der Waals surface area (Å²) in [5.41, 5.74) is 2.27. The minimum Gasteiger partial charge on any atom is -0.303 e. The van der Waals surface area contributed by atoms with Crippen molar-refractivity contribution in [3.63, 3.8) is 0 Å². The second kappa shape index (κ2) is 4.82. The number of aromatic nitrogens is 1. The van der Waals surface area contributed by atoms with Gasteiger partial charge in [-0.2, -0.15) is 0 Å². The van der Waals surface area contributed by atoms with Crippen molar-refractivity contribution in [2.45, 2.75) is 32.1 Å². The zero-order chi connectivity index (χ0) is 10.5. The van der Waals surface area contributed by atoms with Gasteiger partial charge in [0.15, 0.2) is 5.82 Å². The molecule has 0 saturated carbocycles. The molecule has 0 aromatic carbocycles. The van der Waals surface area contributed by atoms with E-state index < -0.39 is 0 Å². The van der Waals surface area contributed by atoms with E-state index in [9.17, 15) is 4.79 Å². The number of aldehydes is 1. The third-order valence-electron chi connectivity index (χ3n) is 2.52. The number of hydrogen-bond acceptors (Lipinski definition) is 3. The minimum absolute atomic E-state index is 0.613. The summed E-state index contributed by atoms with van der Waals surface area (Å²) in [4.78, 5) is 18.9. The summed E-state index contributed by atoms with van der Waals surface area (Å²) in [5, 5.41) is 0. The fourth-order valence-electron chi connectivity index (χ4n) is 1.70. The summed E-state index contributed by atoms with van der Waals surface area (Å²) >= 11 is 0. The van der Waals surface area contributed by atoms with E-state index in [4.69, 9.17) is 0 Å². The number of hydrogen-bond donors (Lipinski definition) is 0. The average Bonchev–Trinajstić information content (AvgIpc) is 2.29. The molecule has 0 aliphatic carbocycles. The number of pyridine rings is 1. The van der Waals surface area contributed by atoms with Gasteiger partial charge in [-0.05, 0) is 37.3 Å². The van der Waals surface area contributed by atoms with Crippen LogP contribution in [0.3, 0.4) is 0 Å². The fourth-order valence-corrected chi connectivity index (χ4v) is 1.70. The number of carbonyl (C=O) groups is 1. The van der Waals surface area contributed by atoms with Gasteiger partial charge in [0.25, 0.3) is 0 Å². The van der Waals surface area contributed by atoms with Gasteiger partial charge in [-0.15, -0.1) is 0 Å². The standard InChI is InChI=1S/C12H14N2O/c15-9-2-1-5-11-7-6-10-4-3-8-13-12(10)14-11/h6-9H,1-5H2. The first-order valence-electron chi connectivity index (χ1n) is 5.35. The molecule has 15 heavy (non-hydrogen) atoms. The van der Waals surface area contributed by atoms with Crippen LogP contribution in [-0.2, 0) is 17.6 Å². The van der Waals surface area contributed by atoms with E-state index in [0.717, 1.165) is 43.5 Å². The van der Waals surface area contributed by atoms with Gasteiger partial charge in [-0.1, -0.05) is 6.07 Å². The summed E-state index contributed by atoms with van der Waals surface area (Å²) in [6, 6.07) is 4.15. The first-order chi connectivity index (χ1) is 7.40. The van der Waals surface area contributed by atoms with Gasteiger partial charge in [0.05, 0.1) is 0 Å². The molecule has 2 heterocycles. The SMILES string of the molecule is O=CCCCc1ccc2c(n1)N=CCC2. The molecule has 0 unspecified atom stereocenters. The molecular weight excluding hydrogens is 188 g/mol. The number of rotatable bonds is 4. The lowest BCUT2D eigenvalue weighted by Gasteiger charge is -2.09. The largest absolute Gasteiger partial charge is 0.303 e. The molecule has 0 atom stereocenters. The van der Waals surface area contributed by atoms with Crippen molar-refractivity contribution < 1.29 is 4.79 Å². The highest BCUT2D eigenvalue weighted by atomic mass is 16.1. The van der Waals surface area contributed by atoms with Crippen LogP contribution in [0.1, 0.15) is 30.5 Å². The molecule has 3 nitrogen and oxygen atoms in total. The first kappa shape index (κ1) is 10.0. The van der Waals surface area contributed by atoms with Crippen LogP contribution < -0.4 is 0 Å². The Kier molecular flexibility index (Phi) is 3.22. The van der Waals surface area contributed by atoms with Gasteiger partial charge < -0.3 is 4.79 Å². The lowest BCUT2D eigenvalue weighted by Crippen LogP contribution is -1.99. The number of fused-ring (bicyclic) bond motifs is 1. The molecule has 0 N–H and O–H groups in total. The van der Waals surface area contributed by atoms with E-state index in [0.29, 0.717) is 6.42 Å². The van der Waals surface area contributed by atoms with Crippen molar-refractivity contribution in [3.05, 3.63) is 23.4 Å².